The number of carbonyl (C=O) groups is 3. The van der Waals surface area contributed by atoms with Crippen LogP contribution in [0.4, 0.5) is 10.8 Å². The molecule has 0 radical (unpaired) electrons. The van der Waals surface area contributed by atoms with Crippen LogP contribution in [-0.4, -0.2) is 89.9 Å². The molecule has 35 heavy (non-hydrogen) atoms. The van der Waals surface area contributed by atoms with Gasteiger partial charge in [-0.15, -0.1) is 11.3 Å². The van der Waals surface area contributed by atoms with Crippen molar-refractivity contribution in [1.29, 1.82) is 0 Å². The van der Waals surface area contributed by atoms with E-state index in [1.165, 1.54) is 11.3 Å². The Labute approximate surface area is 210 Å². The number of aromatic nitrogens is 1. The summed E-state index contributed by atoms with van der Waals surface area (Å²) >= 11 is 1.41. The fraction of sp³-hybridized carbons (Fsp3) is 0.520. The van der Waals surface area contributed by atoms with Gasteiger partial charge in [-0.3, -0.25) is 19.3 Å². The number of esters is 1. The molecule has 0 saturated carbocycles. The van der Waals surface area contributed by atoms with Gasteiger partial charge in [-0.2, -0.15) is 0 Å². The van der Waals surface area contributed by atoms with E-state index >= 15 is 0 Å². The molecule has 0 spiro atoms. The second-order valence-corrected chi connectivity index (χ2v) is 9.89. The molecule has 188 valence electrons. The number of benzene rings is 1. The molecule has 2 saturated heterocycles. The van der Waals surface area contributed by atoms with Gasteiger partial charge < -0.3 is 19.9 Å². The molecule has 0 aliphatic carbocycles. The maximum absolute atomic E-state index is 13.0. The lowest BCUT2D eigenvalue weighted by atomic mass is 9.98. The summed E-state index contributed by atoms with van der Waals surface area (Å²) in [5.41, 5.74) is 2.53. The van der Waals surface area contributed by atoms with E-state index in [4.69, 9.17) is 4.74 Å². The molecular formula is C25H33N5O4S. The highest BCUT2D eigenvalue weighted by molar-refractivity contribution is 7.14. The van der Waals surface area contributed by atoms with Crippen LogP contribution in [0.2, 0.25) is 0 Å². The number of amides is 2. The molecule has 0 bridgehead atoms. The number of aryl methyl sites for hydroxylation is 1. The molecule has 1 atom stereocenters. The number of nitrogens with one attached hydrogen (secondary N) is 1. The van der Waals surface area contributed by atoms with Gasteiger partial charge in [-0.05, 0) is 44.4 Å². The molecule has 9 nitrogen and oxygen atoms in total. The van der Waals surface area contributed by atoms with Crippen LogP contribution in [0, 0.1) is 12.8 Å². The number of rotatable bonds is 7. The quantitative estimate of drug-likeness (QED) is 0.586. The average molecular weight is 500 g/mol. The van der Waals surface area contributed by atoms with E-state index in [-0.39, 0.29) is 23.7 Å². The largest absolute Gasteiger partial charge is 0.466 e. The number of anilines is 2. The van der Waals surface area contributed by atoms with Crippen LogP contribution in [0.25, 0.3) is 0 Å². The number of nitrogens with zero attached hydrogens (tertiary/aromatic N) is 4. The maximum Gasteiger partial charge on any atom is 0.310 e. The Bertz CT molecular complexity index is 1050. The standard InChI is InChI=1S/C25H33N5O4S/c1-3-34-24(33)19-7-5-9-30(15-19)22(31)16-28-10-12-29(13-11-28)23(32)21-17-35-25(27-21)26-20-8-4-6-18(2)14-20/h4,6,8,14,17,19H,3,5,7,9-13,15-16H2,1-2H3,(H,26,27). The minimum absolute atomic E-state index is 0.0325. The molecule has 1 unspecified atom stereocenters. The molecule has 1 N–H and O–H groups in total. The second kappa shape index (κ2) is 11.6. The van der Waals surface area contributed by atoms with E-state index in [9.17, 15) is 14.4 Å². The predicted molar refractivity (Wildman–Crippen MR) is 135 cm³/mol. The molecule has 3 heterocycles. The topological polar surface area (TPSA) is 95.1 Å². The summed E-state index contributed by atoms with van der Waals surface area (Å²) < 4.78 is 5.13. The summed E-state index contributed by atoms with van der Waals surface area (Å²) in [5, 5.41) is 5.73. The maximum atomic E-state index is 13.0. The minimum atomic E-state index is -0.231. The highest BCUT2D eigenvalue weighted by atomic mass is 32.1. The summed E-state index contributed by atoms with van der Waals surface area (Å²) in [6.45, 7) is 7.96. The highest BCUT2D eigenvalue weighted by Gasteiger charge is 2.31. The first-order valence-corrected chi connectivity index (χ1v) is 13.1. The first kappa shape index (κ1) is 25.1. The van der Waals surface area contributed by atoms with E-state index in [1.54, 1.807) is 22.1 Å². The third-order valence-corrected chi connectivity index (χ3v) is 7.16. The highest BCUT2D eigenvalue weighted by Crippen LogP contribution is 2.23. The Kier molecular flexibility index (Phi) is 8.35. The van der Waals surface area contributed by atoms with Gasteiger partial charge in [-0.1, -0.05) is 12.1 Å². The van der Waals surface area contributed by atoms with Gasteiger partial charge in [0.2, 0.25) is 5.91 Å². The van der Waals surface area contributed by atoms with Crippen molar-refractivity contribution in [3.05, 3.63) is 40.9 Å². The number of likely N-dealkylation sites (tertiary alicyclic amines) is 1. The van der Waals surface area contributed by atoms with E-state index in [1.807, 2.05) is 31.2 Å². The van der Waals surface area contributed by atoms with Gasteiger partial charge in [0.1, 0.15) is 5.69 Å². The third-order valence-electron chi connectivity index (χ3n) is 6.41. The van der Waals surface area contributed by atoms with Crippen molar-refractivity contribution in [2.75, 3.05) is 57.7 Å². The second-order valence-electron chi connectivity index (χ2n) is 9.03. The van der Waals surface area contributed by atoms with E-state index in [0.717, 1.165) is 24.1 Å². The van der Waals surface area contributed by atoms with E-state index in [2.05, 4.69) is 15.2 Å². The lowest BCUT2D eigenvalue weighted by Gasteiger charge is -2.36. The van der Waals surface area contributed by atoms with Crippen LogP contribution in [0.5, 0.6) is 0 Å². The zero-order valence-corrected chi connectivity index (χ0v) is 21.2. The molecule has 10 heteroatoms. The molecule has 2 fully saturated rings. The fourth-order valence-electron chi connectivity index (χ4n) is 4.49. The Balaban J connectivity index is 1.24. The Hall–Kier alpha value is -2.98. The van der Waals surface area contributed by atoms with Gasteiger partial charge >= 0.3 is 5.97 Å². The molecule has 2 aliphatic heterocycles. The van der Waals surface area contributed by atoms with Crippen molar-refractivity contribution in [1.82, 2.24) is 19.7 Å². The average Bonchev–Trinajstić information content (AvgIpc) is 3.32. The van der Waals surface area contributed by atoms with Crippen LogP contribution < -0.4 is 5.32 Å². The van der Waals surface area contributed by atoms with Crippen molar-refractivity contribution in [3.63, 3.8) is 0 Å². The van der Waals surface area contributed by atoms with Crippen LogP contribution in [0.15, 0.2) is 29.6 Å². The van der Waals surface area contributed by atoms with Gasteiger partial charge in [0.05, 0.1) is 19.1 Å². The van der Waals surface area contributed by atoms with Crippen LogP contribution >= 0.6 is 11.3 Å². The number of carbonyl (C=O) groups excluding carboxylic acids is 3. The number of hydrogen-bond donors (Lipinski definition) is 1. The van der Waals surface area contributed by atoms with Crippen molar-refractivity contribution in [3.8, 4) is 0 Å². The van der Waals surface area contributed by atoms with Gasteiger partial charge in [0, 0.05) is 50.3 Å². The summed E-state index contributed by atoms with van der Waals surface area (Å²) in [7, 11) is 0. The third kappa shape index (κ3) is 6.58. The lowest BCUT2D eigenvalue weighted by Crippen LogP contribution is -2.52. The van der Waals surface area contributed by atoms with Crippen molar-refractivity contribution >= 4 is 39.9 Å². The lowest BCUT2D eigenvalue weighted by molar-refractivity contribution is -0.151. The summed E-state index contributed by atoms with van der Waals surface area (Å²) in [6, 6.07) is 8.01. The normalized spacial score (nSPS) is 18.9. The molecule has 4 rings (SSSR count). The van der Waals surface area contributed by atoms with Gasteiger partial charge in [0.25, 0.3) is 5.91 Å². The van der Waals surface area contributed by atoms with Gasteiger partial charge in [0.15, 0.2) is 5.13 Å². The molecule has 2 aliphatic rings. The first-order valence-electron chi connectivity index (χ1n) is 12.2. The van der Waals surface area contributed by atoms with Crippen molar-refractivity contribution in [2.45, 2.75) is 26.7 Å². The van der Waals surface area contributed by atoms with Crippen LogP contribution in [0.3, 0.4) is 0 Å². The Morgan fingerprint density at radius 2 is 1.94 bits per heavy atom. The molecular weight excluding hydrogens is 466 g/mol. The van der Waals surface area contributed by atoms with Crippen LogP contribution in [0.1, 0.15) is 35.8 Å². The molecule has 2 amide bonds. The molecule has 1 aromatic carbocycles. The minimum Gasteiger partial charge on any atom is -0.466 e. The van der Waals surface area contributed by atoms with Crippen LogP contribution in [-0.2, 0) is 14.3 Å². The smallest absolute Gasteiger partial charge is 0.310 e. The number of thiazole rings is 1. The Morgan fingerprint density at radius 3 is 2.69 bits per heavy atom. The fourth-order valence-corrected chi connectivity index (χ4v) is 5.20. The summed E-state index contributed by atoms with van der Waals surface area (Å²) in [6.07, 6.45) is 1.58. The molecule has 1 aromatic heterocycles. The van der Waals surface area contributed by atoms with E-state index < -0.39 is 0 Å². The van der Waals surface area contributed by atoms with Gasteiger partial charge in [-0.25, -0.2) is 4.98 Å². The number of piperazine rings is 1. The summed E-state index contributed by atoms with van der Waals surface area (Å²) in [5.74, 6) is -0.495. The number of piperidine rings is 1. The number of ether oxygens (including phenoxy) is 1. The zero-order chi connectivity index (χ0) is 24.8. The van der Waals surface area contributed by atoms with Crippen molar-refractivity contribution < 1.29 is 19.1 Å². The number of hydrogen-bond acceptors (Lipinski definition) is 8. The zero-order valence-electron chi connectivity index (χ0n) is 20.4. The SMILES string of the molecule is CCOC(=O)C1CCCN(C(=O)CN2CCN(C(=O)c3csc(Nc4cccc(C)c4)n3)CC2)C1. The predicted octanol–water partition coefficient (Wildman–Crippen LogP) is 2.75. The van der Waals surface area contributed by atoms with E-state index in [0.29, 0.717) is 63.2 Å². The Morgan fingerprint density at radius 1 is 1.14 bits per heavy atom. The summed E-state index contributed by atoms with van der Waals surface area (Å²) in [4.78, 5) is 48.0. The monoisotopic (exact) mass is 499 g/mol. The van der Waals surface area contributed by atoms with Crippen molar-refractivity contribution in [2.24, 2.45) is 5.92 Å². The first-order chi connectivity index (χ1) is 16.9. The molecule has 2 aromatic rings.